The molecule has 2 aromatic rings. The van der Waals surface area contributed by atoms with Crippen molar-refractivity contribution in [3.63, 3.8) is 0 Å². The number of esters is 1. The van der Waals surface area contributed by atoms with Crippen LogP contribution in [0, 0.1) is 13.8 Å². The number of nitrogens with one attached hydrogen (secondary N) is 1. The number of amides is 1. The predicted octanol–water partition coefficient (Wildman–Crippen LogP) is 4.15. The Morgan fingerprint density at radius 1 is 1.08 bits per heavy atom. The maximum atomic E-state index is 12.0. The average molecular weight is 362 g/mol. The van der Waals surface area contributed by atoms with Crippen LogP contribution < -0.4 is 10.1 Å². The highest BCUT2D eigenvalue weighted by atomic mass is 35.5. The molecule has 0 aliphatic carbocycles. The number of carbonyl (C=O) groups is 2. The third-order valence-electron chi connectivity index (χ3n) is 3.73. The van der Waals surface area contributed by atoms with E-state index < -0.39 is 5.97 Å². The van der Waals surface area contributed by atoms with E-state index in [2.05, 4.69) is 10.1 Å². The average Bonchev–Trinajstić information content (AvgIpc) is 2.59. The molecule has 1 N–H and O–H groups in total. The van der Waals surface area contributed by atoms with Crippen molar-refractivity contribution in [1.82, 2.24) is 0 Å². The van der Waals surface area contributed by atoms with Crippen molar-refractivity contribution >= 4 is 29.2 Å². The number of aryl methyl sites for hydroxylation is 2. The van der Waals surface area contributed by atoms with Crippen LogP contribution in [0.15, 0.2) is 36.4 Å². The number of carbonyl (C=O) groups excluding carboxylic acids is 2. The summed E-state index contributed by atoms with van der Waals surface area (Å²) in [5.41, 5.74) is 3.00. The molecule has 0 bridgehead atoms. The van der Waals surface area contributed by atoms with Gasteiger partial charge in [0.2, 0.25) is 5.91 Å². The van der Waals surface area contributed by atoms with E-state index in [0.29, 0.717) is 5.69 Å². The first kappa shape index (κ1) is 18.8. The van der Waals surface area contributed by atoms with E-state index in [4.69, 9.17) is 16.3 Å². The number of benzene rings is 2. The van der Waals surface area contributed by atoms with E-state index in [1.807, 2.05) is 32.0 Å². The lowest BCUT2D eigenvalue weighted by Gasteiger charge is -2.10. The Morgan fingerprint density at radius 3 is 2.52 bits per heavy atom. The Morgan fingerprint density at radius 2 is 1.84 bits per heavy atom. The quantitative estimate of drug-likeness (QED) is 0.785. The second kappa shape index (κ2) is 8.53. The lowest BCUT2D eigenvalue weighted by Crippen LogP contribution is -2.15. The van der Waals surface area contributed by atoms with Crippen molar-refractivity contribution < 1.29 is 19.1 Å². The smallest absolute Gasteiger partial charge is 0.339 e. The Hall–Kier alpha value is -2.53. The first-order valence-electron chi connectivity index (χ1n) is 7.78. The molecule has 0 radical (unpaired) electrons. The van der Waals surface area contributed by atoms with Crippen molar-refractivity contribution in [2.75, 3.05) is 19.0 Å². The fourth-order valence-corrected chi connectivity index (χ4v) is 2.35. The highest BCUT2D eigenvalue weighted by molar-refractivity contribution is 6.33. The minimum Gasteiger partial charge on any atom is -0.493 e. The number of ether oxygens (including phenoxy) is 2. The second-order valence-electron chi connectivity index (χ2n) is 5.58. The van der Waals surface area contributed by atoms with Crippen LogP contribution in [0.2, 0.25) is 5.02 Å². The molecular formula is C19H20ClNO4. The number of hydrogen-bond donors (Lipinski definition) is 1. The summed E-state index contributed by atoms with van der Waals surface area (Å²) >= 11 is 5.95. The van der Waals surface area contributed by atoms with E-state index in [9.17, 15) is 9.59 Å². The molecule has 0 saturated heterocycles. The molecule has 0 aromatic heterocycles. The topological polar surface area (TPSA) is 64.6 Å². The SMILES string of the molecule is COC(=O)c1cc(NC(=O)CCOc2ccc(C)c(C)c2)ccc1Cl. The second-order valence-corrected chi connectivity index (χ2v) is 5.99. The molecule has 0 fully saturated rings. The number of anilines is 1. The van der Waals surface area contributed by atoms with Crippen molar-refractivity contribution in [3.05, 3.63) is 58.1 Å². The number of hydrogen-bond acceptors (Lipinski definition) is 4. The van der Waals surface area contributed by atoms with Crippen molar-refractivity contribution in [1.29, 1.82) is 0 Å². The van der Waals surface area contributed by atoms with Gasteiger partial charge in [0.1, 0.15) is 5.75 Å². The molecule has 0 heterocycles. The van der Waals surface area contributed by atoms with Crippen LogP contribution in [0.5, 0.6) is 5.75 Å². The summed E-state index contributed by atoms with van der Waals surface area (Å²) in [7, 11) is 1.27. The van der Waals surface area contributed by atoms with Crippen LogP contribution >= 0.6 is 11.6 Å². The molecule has 2 aromatic carbocycles. The largest absolute Gasteiger partial charge is 0.493 e. The molecule has 2 rings (SSSR count). The number of halogens is 1. The summed E-state index contributed by atoms with van der Waals surface area (Å²) in [5.74, 6) is -0.0449. The van der Waals surface area contributed by atoms with Crippen LogP contribution in [-0.4, -0.2) is 25.6 Å². The van der Waals surface area contributed by atoms with Gasteiger partial charge in [0.05, 0.1) is 30.7 Å². The normalized spacial score (nSPS) is 10.2. The van der Waals surface area contributed by atoms with Crippen LogP contribution in [-0.2, 0) is 9.53 Å². The standard InChI is InChI=1S/C19H20ClNO4/c1-12-4-6-15(10-13(12)2)25-9-8-18(22)21-14-5-7-17(20)16(11-14)19(23)24-3/h4-7,10-11H,8-9H2,1-3H3,(H,21,22). The van der Waals surface area contributed by atoms with Crippen molar-refractivity contribution in [2.24, 2.45) is 0 Å². The van der Waals surface area contributed by atoms with Crippen molar-refractivity contribution in [2.45, 2.75) is 20.3 Å². The van der Waals surface area contributed by atoms with Gasteiger partial charge in [-0.2, -0.15) is 0 Å². The van der Waals surface area contributed by atoms with Gasteiger partial charge in [-0.25, -0.2) is 4.79 Å². The van der Waals surface area contributed by atoms with Gasteiger partial charge in [0.25, 0.3) is 0 Å². The van der Waals surface area contributed by atoms with Crippen LogP contribution in [0.25, 0.3) is 0 Å². The molecule has 0 atom stereocenters. The van der Waals surface area contributed by atoms with Gasteiger partial charge in [-0.3, -0.25) is 4.79 Å². The monoisotopic (exact) mass is 361 g/mol. The zero-order chi connectivity index (χ0) is 18.4. The van der Waals surface area contributed by atoms with E-state index in [1.54, 1.807) is 6.07 Å². The molecule has 25 heavy (non-hydrogen) atoms. The Kier molecular flexibility index (Phi) is 6.42. The maximum Gasteiger partial charge on any atom is 0.339 e. The van der Waals surface area contributed by atoms with Crippen LogP contribution in [0.4, 0.5) is 5.69 Å². The molecule has 1 amide bonds. The van der Waals surface area contributed by atoms with E-state index in [1.165, 1.54) is 24.8 Å². The third kappa shape index (κ3) is 5.22. The van der Waals surface area contributed by atoms with E-state index in [-0.39, 0.29) is 29.5 Å². The summed E-state index contributed by atoms with van der Waals surface area (Å²) in [4.78, 5) is 23.6. The highest BCUT2D eigenvalue weighted by Gasteiger charge is 2.12. The highest BCUT2D eigenvalue weighted by Crippen LogP contribution is 2.21. The van der Waals surface area contributed by atoms with Gasteiger partial charge in [-0.05, 0) is 55.3 Å². The molecule has 0 unspecified atom stereocenters. The lowest BCUT2D eigenvalue weighted by molar-refractivity contribution is -0.116. The predicted molar refractivity (Wildman–Crippen MR) is 97.4 cm³/mol. The molecule has 0 saturated carbocycles. The minimum atomic E-state index is -0.556. The molecule has 0 spiro atoms. The van der Waals surface area contributed by atoms with Crippen molar-refractivity contribution in [3.8, 4) is 5.75 Å². The zero-order valence-electron chi connectivity index (χ0n) is 14.4. The van der Waals surface area contributed by atoms with Gasteiger partial charge in [0, 0.05) is 5.69 Å². The molecule has 132 valence electrons. The van der Waals surface area contributed by atoms with Crippen LogP contribution in [0.1, 0.15) is 27.9 Å². The third-order valence-corrected chi connectivity index (χ3v) is 4.06. The summed E-state index contributed by atoms with van der Waals surface area (Å²) in [6.07, 6.45) is 0.184. The summed E-state index contributed by atoms with van der Waals surface area (Å²) in [6.45, 7) is 4.29. The molecule has 5 nitrogen and oxygen atoms in total. The molecular weight excluding hydrogens is 342 g/mol. The first-order valence-corrected chi connectivity index (χ1v) is 8.16. The number of rotatable bonds is 6. The molecule has 6 heteroatoms. The summed E-state index contributed by atoms with van der Waals surface area (Å²) < 4.78 is 10.2. The maximum absolute atomic E-state index is 12.0. The zero-order valence-corrected chi connectivity index (χ0v) is 15.1. The van der Waals surface area contributed by atoms with E-state index in [0.717, 1.165) is 11.3 Å². The minimum absolute atomic E-state index is 0.184. The van der Waals surface area contributed by atoms with Gasteiger partial charge in [-0.15, -0.1) is 0 Å². The van der Waals surface area contributed by atoms with E-state index >= 15 is 0 Å². The van der Waals surface area contributed by atoms with Crippen LogP contribution in [0.3, 0.4) is 0 Å². The Balaban J connectivity index is 1.90. The Labute approximate surface area is 151 Å². The Bertz CT molecular complexity index is 789. The number of methoxy groups -OCH3 is 1. The summed E-state index contributed by atoms with van der Waals surface area (Å²) in [6, 6.07) is 10.4. The van der Waals surface area contributed by atoms with Gasteiger partial charge in [0.15, 0.2) is 0 Å². The summed E-state index contributed by atoms with van der Waals surface area (Å²) in [5, 5.41) is 2.98. The van der Waals surface area contributed by atoms with Gasteiger partial charge >= 0.3 is 5.97 Å². The van der Waals surface area contributed by atoms with Gasteiger partial charge in [-0.1, -0.05) is 17.7 Å². The fraction of sp³-hybridized carbons (Fsp3) is 0.263. The fourth-order valence-electron chi connectivity index (χ4n) is 2.16. The lowest BCUT2D eigenvalue weighted by atomic mass is 10.1. The first-order chi connectivity index (χ1) is 11.9. The molecule has 0 aliphatic rings. The molecule has 0 aliphatic heterocycles. The van der Waals surface area contributed by atoms with Gasteiger partial charge < -0.3 is 14.8 Å².